The Labute approximate surface area is 178 Å². The number of hydrogen-bond acceptors (Lipinski definition) is 8. The predicted molar refractivity (Wildman–Crippen MR) is 113 cm³/mol. The zero-order valence-corrected chi connectivity index (χ0v) is 18.5. The van der Waals surface area contributed by atoms with Crippen LogP contribution in [0.25, 0.3) is 0 Å². The smallest absolute Gasteiger partial charge is 0.311 e. The van der Waals surface area contributed by atoms with Gasteiger partial charge in [0.2, 0.25) is 5.91 Å². The van der Waals surface area contributed by atoms with Gasteiger partial charge in [-0.3, -0.25) is 9.59 Å². The van der Waals surface area contributed by atoms with E-state index in [0.717, 1.165) is 17.4 Å². The van der Waals surface area contributed by atoms with Gasteiger partial charge < -0.3 is 14.6 Å². The summed E-state index contributed by atoms with van der Waals surface area (Å²) in [6.45, 7) is 2.10. The van der Waals surface area contributed by atoms with E-state index in [1.165, 1.54) is 55.2 Å². The third-order valence-corrected chi connectivity index (χ3v) is 6.71. The predicted octanol–water partition coefficient (Wildman–Crippen LogP) is 3.23. The number of aromatic nitrogens is 4. The second-order valence-corrected chi connectivity index (χ2v) is 8.93. The van der Waals surface area contributed by atoms with Crippen molar-refractivity contribution >= 4 is 40.1 Å². The first kappa shape index (κ1) is 21.8. The Morgan fingerprint density at radius 3 is 2.86 bits per heavy atom. The van der Waals surface area contributed by atoms with E-state index in [0.29, 0.717) is 23.4 Å². The van der Waals surface area contributed by atoms with Crippen LogP contribution in [-0.4, -0.2) is 44.0 Å². The van der Waals surface area contributed by atoms with Crippen molar-refractivity contribution in [2.75, 3.05) is 17.7 Å². The number of thioether (sulfide) groups is 1. The van der Waals surface area contributed by atoms with E-state index < -0.39 is 0 Å². The Bertz CT molecular complexity index is 830. The van der Waals surface area contributed by atoms with E-state index in [2.05, 4.69) is 20.5 Å². The first-order valence-corrected chi connectivity index (χ1v) is 11.8. The standard InChI is InChI=1S/C19H27N5O3S2/c1-3-27-17(26)10-14-11-28-18(20-14)21-16(25)12-29-19-23-22-15(24(19)2)9-13-7-5-4-6-8-13/h11,13H,3-10,12H2,1-2H3,(H,20,21,25). The van der Waals surface area contributed by atoms with Crippen molar-refractivity contribution in [3.05, 3.63) is 16.9 Å². The molecule has 0 aliphatic heterocycles. The van der Waals surface area contributed by atoms with Crippen molar-refractivity contribution < 1.29 is 14.3 Å². The van der Waals surface area contributed by atoms with Crippen molar-refractivity contribution in [2.24, 2.45) is 13.0 Å². The Kier molecular flexibility index (Phi) is 8.05. The van der Waals surface area contributed by atoms with Crippen LogP contribution in [0.3, 0.4) is 0 Å². The van der Waals surface area contributed by atoms with Gasteiger partial charge in [0.1, 0.15) is 5.82 Å². The molecule has 29 heavy (non-hydrogen) atoms. The molecule has 2 aromatic heterocycles. The van der Waals surface area contributed by atoms with E-state index in [-0.39, 0.29) is 24.1 Å². The van der Waals surface area contributed by atoms with Crippen LogP contribution in [0.15, 0.2) is 10.5 Å². The normalized spacial score (nSPS) is 14.7. The molecule has 10 heteroatoms. The van der Waals surface area contributed by atoms with Crippen molar-refractivity contribution in [3.8, 4) is 0 Å². The molecule has 1 saturated carbocycles. The number of hydrogen-bond donors (Lipinski definition) is 1. The SMILES string of the molecule is CCOC(=O)Cc1csc(NC(=O)CSc2nnc(CC3CCCCC3)n2C)n1. The van der Waals surface area contributed by atoms with Gasteiger partial charge in [0.05, 0.1) is 24.5 Å². The van der Waals surface area contributed by atoms with Crippen LogP contribution in [0, 0.1) is 5.92 Å². The fourth-order valence-corrected chi connectivity index (χ4v) is 4.85. The summed E-state index contributed by atoms with van der Waals surface area (Å²) < 4.78 is 6.90. The average Bonchev–Trinajstić information content (AvgIpc) is 3.28. The maximum Gasteiger partial charge on any atom is 0.311 e. The van der Waals surface area contributed by atoms with Crippen LogP contribution in [-0.2, 0) is 34.2 Å². The first-order valence-electron chi connectivity index (χ1n) is 9.96. The summed E-state index contributed by atoms with van der Waals surface area (Å²) in [6.07, 6.45) is 7.56. The van der Waals surface area contributed by atoms with Crippen molar-refractivity contribution in [1.29, 1.82) is 0 Å². The molecular weight excluding hydrogens is 410 g/mol. The Hall–Kier alpha value is -1.94. The molecule has 2 heterocycles. The van der Waals surface area contributed by atoms with Gasteiger partial charge in [-0.2, -0.15) is 0 Å². The molecular formula is C19H27N5O3S2. The molecule has 0 atom stereocenters. The molecule has 0 bridgehead atoms. The number of carbonyl (C=O) groups is 2. The number of carbonyl (C=O) groups excluding carboxylic acids is 2. The topological polar surface area (TPSA) is 99.0 Å². The fraction of sp³-hybridized carbons (Fsp3) is 0.632. The number of rotatable bonds is 9. The second-order valence-electron chi connectivity index (χ2n) is 7.13. The van der Waals surface area contributed by atoms with Gasteiger partial charge >= 0.3 is 5.97 Å². The lowest BCUT2D eigenvalue weighted by Gasteiger charge is -2.20. The van der Waals surface area contributed by atoms with E-state index in [4.69, 9.17) is 4.74 Å². The summed E-state index contributed by atoms with van der Waals surface area (Å²) >= 11 is 2.65. The van der Waals surface area contributed by atoms with Gasteiger partial charge in [-0.15, -0.1) is 21.5 Å². The summed E-state index contributed by atoms with van der Waals surface area (Å²) in [5.74, 6) is 1.42. The lowest BCUT2D eigenvalue weighted by Crippen LogP contribution is -2.15. The highest BCUT2D eigenvalue weighted by atomic mass is 32.2. The highest BCUT2D eigenvalue weighted by Crippen LogP contribution is 2.27. The van der Waals surface area contributed by atoms with Crippen LogP contribution in [0.4, 0.5) is 5.13 Å². The zero-order valence-electron chi connectivity index (χ0n) is 16.8. The van der Waals surface area contributed by atoms with Crippen LogP contribution in [0.1, 0.15) is 50.5 Å². The molecule has 0 saturated heterocycles. The third-order valence-electron chi connectivity index (χ3n) is 4.88. The van der Waals surface area contributed by atoms with Gasteiger partial charge in [-0.05, 0) is 12.8 Å². The lowest BCUT2D eigenvalue weighted by atomic mass is 9.87. The molecule has 158 valence electrons. The fourth-order valence-electron chi connectivity index (χ4n) is 3.39. The molecule has 1 aliphatic carbocycles. The number of esters is 1. The largest absolute Gasteiger partial charge is 0.466 e. The quantitative estimate of drug-likeness (QED) is 0.475. The molecule has 0 spiro atoms. The average molecular weight is 438 g/mol. The Morgan fingerprint density at radius 1 is 1.31 bits per heavy atom. The van der Waals surface area contributed by atoms with Gasteiger partial charge in [-0.25, -0.2) is 4.98 Å². The summed E-state index contributed by atoms with van der Waals surface area (Å²) in [6, 6.07) is 0. The molecule has 1 N–H and O–H groups in total. The molecule has 0 radical (unpaired) electrons. The van der Waals surface area contributed by atoms with E-state index in [1.54, 1.807) is 12.3 Å². The summed E-state index contributed by atoms with van der Waals surface area (Å²) in [7, 11) is 1.96. The minimum Gasteiger partial charge on any atom is -0.466 e. The number of thiazole rings is 1. The highest BCUT2D eigenvalue weighted by molar-refractivity contribution is 7.99. The van der Waals surface area contributed by atoms with Crippen molar-refractivity contribution in [2.45, 2.75) is 57.0 Å². The monoisotopic (exact) mass is 437 g/mol. The maximum absolute atomic E-state index is 12.2. The zero-order chi connectivity index (χ0) is 20.6. The number of nitrogens with one attached hydrogen (secondary N) is 1. The van der Waals surface area contributed by atoms with Gasteiger partial charge in [0.25, 0.3) is 0 Å². The van der Waals surface area contributed by atoms with Crippen LogP contribution < -0.4 is 5.32 Å². The summed E-state index contributed by atoms with van der Waals surface area (Å²) in [5.41, 5.74) is 0.594. The molecule has 3 rings (SSSR count). The number of anilines is 1. The molecule has 2 aromatic rings. The molecule has 1 fully saturated rings. The number of nitrogens with zero attached hydrogens (tertiary/aromatic N) is 4. The van der Waals surface area contributed by atoms with Crippen molar-refractivity contribution in [1.82, 2.24) is 19.7 Å². The Balaban J connectivity index is 1.46. The van der Waals surface area contributed by atoms with E-state index in [1.807, 2.05) is 11.6 Å². The second kappa shape index (κ2) is 10.7. The van der Waals surface area contributed by atoms with Crippen LogP contribution in [0.5, 0.6) is 0 Å². The number of amides is 1. The third kappa shape index (κ3) is 6.53. The molecule has 1 aliphatic rings. The van der Waals surface area contributed by atoms with E-state index in [9.17, 15) is 9.59 Å². The minimum absolute atomic E-state index is 0.109. The number of ether oxygens (including phenoxy) is 1. The van der Waals surface area contributed by atoms with Gasteiger partial charge in [-0.1, -0.05) is 43.9 Å². The molecule has 8 nitrogen and oxygen atoms in total. The summed E-state index contributed by atoms with van der Waals surface area (Å²) in [4.78, 5) is 28.0. The molecule has 1 amide bonds. The maximum atomic E-state index is 12.2. The van der Waals surface area contributed by atoms with Crippen LogP contribution in [0.2, 0.25) is 0 Å². The lowest BCUT2D eigenvalue weighted by molar-refractivity contribution is -0.142. The Morgan fingerprint density at radius 2 is 2.10 bits per heavy atom. The molecule has 0 aromatic carbocycles. The van der Waals surface area contributed by atoms with Crippen molar-refractivity contribution in [3.63, 3.8) is 0 Å². The first-order chi connectivity index (χ1) is 14.0. The van der Waals surface area contributed by atoms with Gasteiger partial charge in [0, 0.05) is 18.8 Å². The minimum atomic E-state index is -0.322. The van der Waals surface area contributed by atoms with Crippen LogP contribution >= 0.6 is 23.1 Å². The van der Waals surface area contributed by atoms with Gasteiger partial charge in [0.15, 0.2) is 10.3 Å². The van der Waals surface area contributed by atoms with E-state index >= 15 is 0 Å². The summed E-state index contributed by atoms with van der Waals surface area (Å²) in [5, 5.41) is 14.3. The molecule has 0 unspecified atom stereocenters. The highest BCUT2D eigenvalue weighted by Gasteiger charge is 2.19.